The second-order valence-electron chi connectivity index (χ2n) is 7.59. The zero-order valence-electron chi connectivity index (χ0n) is 19.1. The Balaban J connectivity index is 1.90. The van der Waals surface area contributed by atoms with Crippen LogP contribution in [0.2, 0.25) is 0 Å². The lowest BCUT2D eigenvalue weighted by Gasteiger charge is -2.17. The van der Waals surface area contributed by atoms with Gasteiger partial charge >= 0.3 is 0 Å². The third-order valence-corrected chi connectivity index (χ3v) is 4.75. The molecule has 1 atom stereocenters. The van der Waals surface area contributed by atoms with E-state index in [1.807, 2.05) is 38.1 Å². The van der Waals surface area contributed by atoms with Crippen molar-refractivity contribution in [3.63, 3.8) is 0 Å². The monoisotopic (exact) mass is 415 g/mol. The summed E-state index contributed by atoms with van der Waals surface area (Å²) in [5, 5.41) is 11.5. The van der Waals surface area contributed by atoms with Gasteiger partial charge in [0.05, 0.1) is 19.3 Å². The van der Waals surface area contributed by atoms with Crippen LogP contribution in [0, 0.1) is 19.8 Å². The minimum absolute atomic E-state index is 0.416. The fourth-order valence-electron chi connectivity index (χ4n) is 3.09. The third kappa shape index (κ3) is 8.45. The number of benzene rings is 1. The molecule has 30 heavy (non-hydrogen) atoms. The first-order valence-electron chi connectivity index (χ1n) is 10.8. The molecular weight excluding hydrogens is 378 g/mol. The van der Waals surface area contributed by atoms with E-state index in [9.17, 15) is 0 Å². The van der Waals surface area contributed by atoms with Gasteiger partial charge in [-0.25, -0.2) is 4.99 Å². The maximum Gasteiger partial charge on any atom is 0.191 e. The first-order valence-corrected chi connectivity index (χ1v) is 10.8. The quantitative estimate of drug-likeness (QED) is 0.316. The number of nitrogens with zero attached hydrogens (tertiary/aromatic N) is 3. The Morgan fingerprint density at radius 2 is 1.97 bits per heavy atom. The number of hydrogen-bond donors (Lipinski definition) is 2. The van der Waals surface area contributed by atoms with E-state index in [1.165, 1.54) is 5.69 Å². The van der Waals surface area contributed by atoms with E-state index in [4.69, 9.17) is 14.5 Å². The lowest BCUT2D eigenvalue weighted by molar-refractivity contribution is 0.145. The number of rotatable bonds is 12. The van der Waals surface area contributed by atoms with Gasteiger partial charge in [0.25, 0.3) is 0 Å². The SMILES string of the molecule is CCOCCCNC(=NCc1ccc(OC)cc1)NCC(C)Cn1nc(C)cc1C. The van der Waals surface area contributed by atoms with Gasteiger partial charge < -0.3 is 20.1 Å². The first kappa shape index (κ1) is 23.7. The molecular formula is C23H37N5O2. The van der Waals surface area contributed by atoms with Crippen molar-refractivity contribution in [3.8, 4) is 5.75 Å². The van der Waals surface area contributed by atoms with Gasteiger partial charge in [0.15, 0.2) is 5.96 Å². The molecule has 166 valence electrons. The summed E-state index contributed by atoms with van der Waals surface area (Å²) in [6, 6.07) is 10.1. The van der Waals surface area contributed by atoms with Gasteiger partial charge in [-0.2, -0.15) is 5.10 Å². The molecule has 0 saturated heterocycles. The highest BCUT2D eigenvalue weighted by Crippen LogP contribution is 2.12. The Morgan fingerprint density at radius 1 is 1.20 bits per heavy atom. The minimum atomic E-state index is 0.416. The van der Waals surface area contributed by atoms with Crippen LogP contribution >= 0.6 is 0 Å². The molecule has 0 bridgehead atoms. The van der Waals surface area contributed by atoms with Gasteiger partial charge in [-0.15, -0.1) is 0 Å². The van der Waals surface area contributed by atoms with E-state index < -0.39 is 0 Å². The van der Waals surface area contributed by atoms with Crippen LogP contribution in [0.1, 0.15) is 37.2 Å². The molecule has 0 radical (unpaired) electrons. The van der Waals surface area contributed by atoms with Crippen molar-refractivity contribution in [2.45, 2.75) is 47.2 Å². The Morgan fingerprint density at radius 3 is 2.60 bits per heavy atom. The van der Waals surface area contributed by atoms with Crippen molar-refractivity contribution in [1.29, 1.82) is 0 Å². The van der Waals surface area contributed by atoms with Gasteiger partial charge in [0.2, 0.25) is 0 Å². The lowest BCUT2D eigenvalue weighted by atomic mass is 10.2. The van der Waals surface area contributed by atoms with Crippen molar-refractivity contribution in [2.75, 3.05) is 33.4 Å². The summed E-state index contributed by atoms with van der Waals surface area (Å²) in [6.45, 7) is 13.0. The normalized spacial score (nSPS) is 12.6. The van der Waals surface area contributed by atoms with Gasteiger partial charge in [-0.3, -0.25) is 4.68 Å². The Kier molecular flexibility index (Phi) is 10.2. The zero-order valence-corrected chi connectivity index (χ0v) is 19.1. The Labute approximate surface area is 180 Å². The number of ether oxygens (including phenoxy) is 2. The van der Waals surface area contributed by atoms with Crippen LogP contribution < -0.4 is 15.4 Å². The standard InChI is InChI=1S/C23H37N5O2/c1-6-30-13-7-12-24-23(26-16-21-8-10-22(29-5)11-9-21)25-15-18(2)17-28-20(4)14-19(3)27-28/h8-11,14,18H,6-7,12-13,15-17H2,1-5H3,(H2,24,25,26). The predicted molar refractivity (Wildman–Crippen MR) is 122 cm³/mol. The van der Waals surface area contributed by atoms with Crippen molar-refractivity contribution in [1.82, 2.24) is 20.4 Å². The molecule has 1 heterocycles. The maximum absolute atomic E-state index is 5.42. The lowest BCUT2D eigenvalue weighted by Crippen LogP contribution is -2.40. The molecule has 1 aromatic heterocycles. The molecule has 0 saturated carbocycles. The second-order valence-corrected chi connectivity index (χ2v) is 7.59. The summed E-state index contributed by atoms with van der Waals surface area (Å²) in [5.74, 6) is 2.09. The molecule has 0 spiro atoms. The minimum Gasteiger partial charge on any atom is -0.497 e. The highest BCUT2D eigenvalue weighted by Gasteiger charge is 2.08. The molecule has 0 aliphatic carbocycles. The molecule has 0 aliphatic rings. The van der Waals surface area contributed by atoms with Crippen LogP contribution in [-0.2, 0) is 17.8 Å². The van der Waals surface area contributed by atoms with Crippen LogP contribution in [0.3, 0.4) is 0 Å². The van der Waals surface area contributed by atoms with Crippen molar-refractivity contribution < 1.29 is 9.47 Å². The Hall–Kier alpha value is -2.54. The van der Waals surface area contributed by atoms with E-state index in [0.717, 1.165) is 62.2 Å². The average molecular weight is 416 g/mol. The highest BCUT2D eigenvalue weighted by atomic mass is 16.5. The number of aryl methyl sites for hydroxylation is 2. The number of guanidine groups is 1. The molecule has 0 fully saturated rings. The first-order chi connectivity index (χ1) is 14.5. The molecule has 0 aliphatic heterocycles. The van der Waals surface area contributed by atoms with E-state index in [-0.39, 0.29) is 0 Å². The summed E-state index contributed by atoms with van der Waals surface area (Å²) < 4.78 is 12.7. The molecule has 1 aromatic carbocycles. The summed E-state index contributed by atoms with van der Waals surface area (Å²) >= 11 is 0. The number of methoxy groups -OCH3 is 1. The van der Waals surface area contributed by atoms with Crippen LogP contribution in [0.15, 0.2) is 35.3 Å². The van der Waals surface area contributed by atoms with E-state index >= 15 is 0 Å². The molecule has 2 aromatic rings. The van der Waals surface area contributed by atoms with Crippen LogP contribution in [-0.4, -0.2) is 49.2 Å². The van der Waals surface area contributed by atoms with Gasteiger partial charge in [-0.05, 0) is 56.9 Å². The fourth-order valence-corrected chi connectivity index (χ4v) is 3.09. The second kappa shape index (κ2) is 12.9. The largest absolute Gasteiger partial charge is 0.497 e. The van der Waals surface area contributed by atoms with Gasteiger partial charge in [0.1, 0.15) is 5.75 Å². The van der Waals surface area contributed by atoms with E-state index in [0.29, 0.717) is 12.5 Å². The van der Waals surface area contributed by atoms with E-state index in [1.54, 1.807) is 7.11 Å². The summed E-state index contributed by atoms with van der Waals surface area (Å²) in [6.07, 6.45) is 0.943. The topological polar surface area (TPSA) is 72.7 Å². The van der Waals surface area contributed by atoms with Gasteiger partial charge in [0, 0.05) is 38.5 Å². The number of aliphatic imine (C=N–C) groups is 1. The smallest absolute Gasteiger partial charge is 0.191 e. The number of hydrogen-bond acceptors (Lipinski definition) is 4. The van der Waals surface area contributed by atoms with Gasteiger partial charge in [-0.1, -0.05) is 19.1 Å². The average Bonchev–Trinajstić information content (AvgIpc) is 3.06. The summed E-state index contributed by atoms with van der Waals surface area (Å²) in [5.41, 5.74) is 3.40. The summed E-state index contributed by atoms with van der Waals surface area (Å²) in [4.78, 5) is 4.76. The molecule has 2 N–H and O–H groups in total. The molecule has 1 unspecified atom stereocenters. The van der Waals surface area contributed by atoms with Crippen LogP contribution in [0.4, 0.5) is 0 Å². The third-order valence-electron chi connectivity index (χ3n) is 4.75. The maximum atomic E-state index is 5.42. The number of aromatic nitrogens is 2. The molecule has 7 heteroatoms. The predicted octanol–water partition coefficient (Wildman–Crippen LogP) is 3.31. The zero-order chi connectivity index (χ0) is 21.8. The Bertz CT molecular complexity index is 770. The summed E-state index contributed by atoms with van der Waals surface area (Å²) in [7, 11) is 1.68. The fraction of sp³-hybridized carbons (Fsp3) is 0.565. The van der Waals surface area contributed by atoms with Crippen LogP contribution in [0.25, 0.3) is 0 Å². The van der Waals surface area contributed by atoms with E-state index in [2.05, 4.69) is 40.3 Å². The molecule has 7 nitrogen and oxygen atoms in total. The molecule has 2 rings (SSSR count). The number of nitrogens with one attached hydrogen (secondary N) is 2. The van der Waals surface area contributed by atoms with Crippen molar-refractivity contribution in [2.24, 2.45) is 10.9 Å². The van der Waals surface area contributed by atoms with Crippen molar-refractivity contribution >= 4 is 5.96 Å². The molecule has 0 amide bonds. The highest BCUT2D eigenvalue weighted by molar-refractivity contribution is 5.79. The van der Waals surface area contributed by atoms with Crippen LogP contribution in [0.5, 0.6) is 5.75 Å². The van der Waals surface area contributed by atoms with Crippen molar-refractivity contribution in [3.05, 3.63) is 47.3 Å².